The van der Waals surface area contributed by atoms with Crippen molar-refractivity contribution >= 4 is 46.9 Å². The van der Waals surface area contributed by atoms with Crippen molar-refractivity contribution in [3.05, 3.63) is 64.8 Å². The maximum absolute atomic E-state index is 14.2. The van der Waals surface area contributed by atoms with Gasteiger partial charge in [-0.1, -0.05) is 24.9 Å². The van der Waals surface area contributed by atoms with E-state index in [1.807, 2.05) is 11.8 Å². The first kappa shape index (κ1) is 41.1. The molecule has 0 unspecified atom stereocenters. The Hall–Kier alpha value is -5.56. The van der Waals surface area contributed by atoms with Crippen LogP contribution in [0.1, 0.15) is 59.3 Å². The van der Waals surface area contributed by atoms with Crippen LogP contribution in [0.25, 0.3) is 17.1 Å². The van der Waals surface area contributed by atoms with Gasteiger partial charge in [-0.25, -0.2) is 14.5 Å². The average Bonchev–Trinajstić information content (AvgIpc) is 3.79. The Bertz CT molecular complexity index is 2120. The summed E-state index contributed by atoms with van der Waals surface area (Å²) in [6, 6.07) is 7.04. The fraction of sp³-hybridized carbons (Fsp3) is 0.459. The molecule has 2 saturated heterocycles. The van der Waals surface area contributed by atoms with E-state index < -0.39 is 23.9 Å². The van der Waals surface area contributed by atoms with Gasteiger partial charge in [-0.15, -0.1) is 10.2 Å². The summed E-state index contributed by atoms with van der Waals surface area (Å²) in [4.78, 5) is 59.4. The van der Waals surface area contributed by atoms with Gasteiger partial charge < -0.3 is 28.9 Å². The minimum absolute atomic E-state index is 0.00758. The normalized spacial score (nSPS) is 16.0. The van der Waals surface area contributed by atoms with Crippen molar-refractivity contribution in [2.24, 2.45) is 13.0 Å². The number of halogens is 4. The number of amides is 4. The van der Waals surface area contributed by atoms with E-state index in [1.165, 1.54) is 41.9 Å². The second kappa shape index (κ2) is 16.9. The third-order valence-electron chi connectivity index (χ3n) is 10.1. The summed E-state index contributed by atoms with van der Waals surface area (Å²) in [5.41, 5.74) is -1.26. The molecule has 0 spiro atoms. The number of quaternary nitrogens is 1. The highest BCUT2D eigenvalue weighted by molar-refractivity contribution is 6.34. The molecule has 20 heteroatoms. The van der Waals surface area contributed by atoms with Crippen LogP contribution in [0, 0.1) is 5.92 Å². The zero-order valence-electron chi connectivity index (χ0n) is 32.0. The van der Waals surface area contributed by atoms with Crippen LogP contribution in [0.3, 0.4) is 0 Å². The molecule has 0 bridgehead atoms. The third-order valence-corrected chi connectivity index (χ3v) is 10.5. The molecule has 16 nitrogen and oxygen atoms in total. The van der Waals surface area contributed by atoms with Crippen molar-refractivity contribution in [1.82, 2.24) is 39.3 Å². The van der Waals surface area contributed by atoms with E-state index in [4.69, 9.17) is 16.3 Å². The molecule has 2 fully saturated rings. The van der Waals surface area contributed by atoms with Crippen molar-refractivity contribution in [2.75, 3.05) is 70.6 Å². The Kier molecular flexibility index (Phi) is 12.2. The van der Waals surface area contributed by atoms with Crippen molar-refractivity contribution in [2.45, 2.75) is 38.8 Å². The predicted molar refractivity (Wildman–Crippen MR) is 203 cm³/mol. The van der Waals surface area contributed by atoms with Crippen LogP contribution in [0.15, 0.2) is 42.7 Å². The molecule has 5 heterocycles. The SMILES string of the molecule is CCCCOC(=O)Nc1ccc(-n2cc(-c3cnc(C(=O)Nc4ccc(C(=O)N5CCN(C(=O)C6CC[N+](C)(C)CC6)CC5)c(Cl)c4)n3C)c(C(F)(F)F)n2)nn1. The van der Waals surface area contributed by atoms with E-state index >= 15 is 0 Å². The van der Waals surface area contributed by atoms with E-state index in [9.17, 15) is 32.3 Å². The minimum atomic E-state index is -4.89. The topological polar surface area (TPSA) is 169 Å². The number of imidazole rings is 1. The van der Waals surface area contributed by atoms with Crippen LogP contribution < -0.4 is 10.6 Å². The number of carbonyl (C=O) groups is 4. The Labute approximate surface area is 331 Å². The van der Waals surface area contributed by atoms with E-state index in [-0.39, 0.29) is 69.3 Å². The molecule has 4 aromatic rings. The Morgan fingerprint density at radius 1 is 0.982 bits per heavy atom. The van der Waals surface area contributed by atoms with Crippen molar-refractivity contribution < 1.29 is 41.6 Å². The van der Waals surface area contributed by atoms with Gasteiger partial charge in [0.05, 0.1) is 61.8 Å². The summed E-state index contributed by atoms with van der Waals surface area (Å²) >= 11 is 6.52. The number of alkyl halides is 3. The standard InChI is InChI=1S/C37H43ClF3N11O5/c1-5-6-19-57-36(56)44-29-9-10-30(46-45-29)51-22-26(31(47-51)37(39,40)41)28-21-42-32(48(28)2)33(53)43-24-7-8-25(27(38)20-24)35(55)50-15-13-49(14-16-50)34(54)23-11-17-52(3,4)18-12-23/h7-10,20-23H,5-6,11-19H2,1-4H3,(H-,43,44,45,53,55,56)/p+1. The number of nitrogens with one attached hydrogen (secondary N) is 2. The Morgan fingerprint density at radius 2 is 1.68 bits per heavy atom. The van der Waals surface area contributed by atoms with Crippen LogP contribution in [-0.2, 0) is 22.8 Å². The van der Waals surface area contributed by atoms with E-state index in [1.54, 1.807) is 4.90 Å². The first-order valence-corrected chi connectivity index (χ1v) is 18.9. The zero-order chi connectivity index (χ0) is 41.1. The molecule has 0 aliphatic carbocycles. The molecule has 6 rings (SSSR count). The van der Waals surface area contributed by atoms with Gasteiger partial charge in [-0.05, 0) is 36.8 Å². The van der Waals surface area contributed by atoms with E-state index in [0.717, 1.165) is 53.9 Å². The Balaban J connectivity index is 1.09. The number of benzene rings is 1. The van der Waals surface area contributed by atoms with Crippen LogP contribution in [0.4, 0.5) is 29.5 Å². The summed E-state index contributed by atoms with van der Waals surface area (Å²) in [6.45, 7) is 5.65. The molecule has 2 aliphatic heterocycles. The van der Waals surface area contributed by atoms with Crippen LogP contribution in [0.2, 0.25) is 5.02 Å². The number of ether oxygens (including phenoxy) is 1. The highest BCUT2D eigenvalue weighted by Crippen LogP contribution is 2.37. The van der Waals surface area contributed by atoms with Crippen molar-refractivity contribution in [1.29, 1.82) is 0 Å². The Morgan fingerprint density at radius 3 is 2.32 bits per heavy atom. The first-order valence-electron chi connectivity index (χ1n) is 18.5. The van der Waals surface area contributed by atoms with Crippen molar-refractivity contribution in [3.8, 4) is 17.1 Å². The maximum atomic E-state index is 14.2. The van der Waals surface area contributed by atoms with E-state index in [2.05, 4.69) is 45.0 Å². The summed E-state index contributed by atoms with van der Waals surface area (Å²) in [6.07, 6.45) is -0.222. The van der Waals surface area contributed by atoms with Gasteiger partial charge >= 0.3 is 12.3 Å². The van der Waals surface area contributed by atoms with Gasteiger partial charge in [0, 0.05) is 63.9 Å². The number of nitrogens with zero attached hydrogens (tertiary/aromatic N) is 9. The molecule has 57 heavy (non-hydrogen) atoms. The number of unbranched alkanes of at least 4 members (excludes halogenated alkanes) is 1. The summed E-state index contributed by atoms with van der Waals surface area (Å²) < 4.78 is 50.7. The molecular weight excluding hydrogens is 771 g/mol. The number of piperidine rings is 1. The van der Waals surface area contributed by atoms with Crippen LogP contribution in [-0.4, -0.2) is 128 Å². The quantitative estimate of drug-likeness (QED) is 0.163. The maximum Gasteiger partial charge on any atom is 0.435 e. The zero-order valence-corrected chi connectivity index (χ0v) is 32.7. The van der Waals surface area contributed by atoms with Gasteiger partial charge in [0.25, 0.3) is 11.8 Å². The highest BCUT2D eigenvalue weighted by Gasteiger charge is 2.39. The number of anilines is 2. The van der Waals surface area contributed by atoms with Crippen LogP contribution in [0.5, 0.6) is 0 Å². The number of likely N-dealkylation sites (tertiary alicyclic amines) is 1. The molecule has 304 valence electrons. The average molecular weight is 815 g/mol. The predicted octanol–water partition coefficient (Wildman–Crippen LogP) is 5.11. The molecule has 1 aromatic carbocycles. The molecule has 3 aromatic heterocycles. The number of hydrogen-bond acceptors (Lipinski definition) is 9. The largest absolute Gasteiger partial charge is 0.449 e. The summed E-state index contributed by atoms with van der Waals surface area (Å²) in [5.74, 6) is -1.17. The second-order valence-corrected chi connectivity index (χ2v) is 15.1. The van der Waals surface area contributed by atoms with E-state index in [0.29, 0.717) is 32.6 Å². The number of aromatic nitrogens is 6. The lowest BCUT2D eigenvalue weighted by Gasteiger charge is -2.40. The van der Waals surface area contributed by atoms with Crippen LogP contribution >= 0.6 is 11.6 Å². The lowest BCUT2D eigenvalue weighted by Crippen LogP contribution is -2.54. The fourth-order valence-corrected chi connectivity index (χ4v) is 7.01. The molecule has 4 amide bonds. The minimum Gasteiger partial charge on any atom is -0.449 e. The molecule has 2 N–H and O–H groups in total. The van der Waals surface area contributed by atoms with Gasteiger partial charge in [-0.2, -0.15) is 18.3 Å². The monoisotopic (exact) mass is 814 g/mol. The fourth-order valence-electron chi connectivity index (χ4n) is 6.75. The van der Waals surface area contributed by atoms with Gasteiger partial charge in [0.2, 0.25) is 5.91 Å². The summed E-state index contributed by atoms with van der Waals surface area (Å²) in [5, 5.41) is 16.5. The molecule has 0 radical (unpaired) electrons. The molecule has 0 atom stereocenters. The summed E-state index contributed by atoms with van der Waals surface area (Å²) in [7, 11) is 5.72. The lowest BCUT2D eigenvalue weighted by atomic mass is 9.94. The number of carbonyl (C=O) groups excluding carboxylic acids is 4. The second-order valence-electron chi connectivity index (χ2n) is 14.7. The molecule has 2 aliphatic rings. The third kappa shape index (κ3) is 9.53. The molecular formula is C37H44ClF3N11O5+. The smallest absolute Gasteiger partial charge is 0.435 e. The van der Waals surface area contributed by atoms with Gasteiger partial charge in [0.15, 0.2) is 23.2 Å². The number of hydrogen-bond donors (Lipinski definition) is 2. The number of rotatable bonds is 10. The van der Waals surface area contributed by atoms with Gasteiger partial charge in [-0.3, -0.25) is 19.7 Å². The number of piperazine rings is 1. The van der Waals surface area contributed by atoms with Crippen molar-refractivity contribution in [3.63, 3.8) is 0 Å². The van der Waals surface area contributed by atoms with Gasteiger partial charge in [0.1, 0.15) is 0 Å². The lowest BCUT2D eigenvalue weighted by molar-refractivity contribution is -0.895. The highest BCUT2D eigenvalue weighted by atomic mass is 35.5. The first-order chi connectivity index (χ1) is 27.0. The molecule has 0 saturated carbocycles.